The number of rotatable bonds is 10. The van der Waals surface area contributed by atoms with Crippen molar-refractivity contribution in [2.75, 3.05) is 45.0 Å². The van der Waals surface area contributed by atoms with Crippen molar-refractivity contribution in [3.63, 3.8) is 0 Å². The van der Waals surface area contributed by atoms with Gasteiger partial charge in [-0.3, -0.25) is 4.79 Å². The summed E-state index contributed by atoms with van der Waals surface area (Å²) in [6, 6.07) is 9.88. The summed E-state index contributed by atoms with van der Waals surface area (Å²) in [5.41, 5.74) is 1.33. The van der Waals surface area contributed by atoms with Gasteiger partial charge >= 0.3 is 6.09 Å². The van der Waals surface area contributed by atoms with Crippen LogP contribution >= 0.6 is 11.6 Å². The van der Waals surface area contributed by atoms with Crippen LogP contribution < -0.4 is 16.0 Å². The highest BCUT2D eigenvalue weighted by Gasteiger charge is 2.38. The fraction of sp³-hybridized carbons (Fsp3) is 0.533. The molecular weight excluding hydrogens is 599 g/mol. The van der Waals surface area contributed by atoms with Crippen LogP contribution in [0.1, 0.15) is 43.2 Å². The second-order valence-corrected chi connectivity index (χ2v) is 13.5. The standard InChI is InChI=1S/C30H40ClFN4O6S/c1-19-17-33-18-23(36(19)43(3,39)40)11-12-24-25(32)5-4-6-26(24)34-29(37)28(35-30(38)41-2)27(21-13-15-42-16-14-21)20-7-9-22(31)10-8-20/h4-10,19,21,23,27-28,33H,11-18H2,1-3H3,(H,34,37)(H,35,38)/t19-,23-,27?,28-/m0/s1. The third-order valence-electron chi connectivity index (χ3n) is 8.23. The Labute approximate surface area is 257 Å². The molecule has 0 aliphatic carbocycles. The van der Waals surface area contributed by atoms with Gasteiger partial charge in [0.15, 0.2) is 0 Å². The summed E-state index contributed by atoms with van der Waals surface area (Å²) in [4.78, 5) is 26.5. The van der Waals surface area contributed by atoms with Crippen molar-refractivity contribution in [2.24, 2.45) is 5.92 Å². The molecule has 0 radical (unpaired) electrons. The van der Waals surface area contributed by atoms with E-state index >= 15 is 4.39 Å². The number of piperazine rings is 1. The van der Waals surface area contributed by atoms with Crippen molar-refractivity contribution in [1.82, 2.24) is 14.9 Å². The highest BCUT2D eigenvalue weighted by Crippen LogP contribution is 2.36. The highest BCUT2D eigenvalue weighted by molar-refractivity contribution is 7.88. The van der Waals surface area contributed by atoms with E-state index in [4.69, 9.17) is 21.1 Å². The Balaban J connectivity index is 1.63. The van der Waals surface area contributed by atoms with Gasteiger partial charge in [0.2, 0.25) is 15.9 Å². The molecule has 10 nitrogen and oxygen atoms in total. The number of alkyl carbamates (subject to hydrolysis) is 1. The van der Waals surface area contributed by atoms with Gasteiger partial charge in [-0.05, 0) is 68.4 Å². The summed E-state index contributed by atoms with van der Waals surface area (Å²) in [6.45, 7) is 3.84. The molecule has 1 unspecified atom stereocenters. The molecule has 4 atom stereocenters. The van der Waals surface area contributed by atoms with E-state index < -0.39 is 39.8 Å². The lowest BCUT2D eigenvalue weighted by molar-refractivity contribution is -0.119. The number of hydrogen-bond acceptors (Lipinski definition) is 7. The van der Waals surface area contributed by atoms with Gasteiger partial charge in [-0.15, -0.1) is 0 Å². The zero-order chi connectivity index (χ0) is 31.1. The fourth-order valence-electron chi connectivity index (χ4n) is 6.28. The summed E-state index contributed by atoms with van der Waals surface area (Å²) in [6.07, 6.45) is 2.29. The molecule has 3 N–H and O–H groups in total. The Morgan fingerprint density at radius 2 is 1.86 bits per heavy atom. The Kier molecular flexibility index (Phi) is 11.4. The van der Waals surface area contributed by atoms with Crippen molar-refractivity contribution >= 4 is 39.3 Å². The molecule has 0 saturated carbocycles. The normalized spacial score (nSPS) is 21.5. The minimum Gasteiger partial charge on any atom is -0.453 e. The van der Waals surface area contributed by atoms with E-state index in [2.05, 4.69) is 16.0 Å². The number of carbonyl (C=O) groups is 2. The van der Waals surface area contributed by atoms with Gasteiger partial charge in [0.1, 0.15) is 11.9 Å². The summed E-state index contributed by atoms with van der Waals surface area (Å²) in [7, 11) is -2.26. The minimum atomic E-state index is -3.48. The molecule has 43 heavy (non-hydrogen) atoms. The van der Waals surface area contributed by atoms with Gasteiger partial charge in [0.05, 0.1) is 13.4 Å². The quantitative estimate of drug-likeness (QED) is 0.360. The monoisotopic (exact) mass is 638 g/mol. The van der Waals surface area contributed by atoms with Gasteiger partial charge in [-0.1, -0.05) is 29.8 Å². The van der Waals surface area contributed by atoms with Crippen LogP contribution in [-0.4, -0.2) is 82.5 Å². The maximum absolute atomic E-state index is 15.3. The molecule has 0 spiro atoms. The van der Waals surface area contributed by atoms with Crippen LogP contribution in [-0.2, 0) is 30.7 Å². The molecular formula is C30H40ClFN4O6S. The molecule has 2 saturated heterocycles. The molecule has 2 amide bonds. The molecule has 0 bridgehead atoms. The van der Waals surface area contributed by atoms with Crippen LogP contribution in [0.25, 0.3) is 0 Å². The smallest absolute Gasteiger partial charge is 0.407 e. The topological polar surface area (TPSA) is 126 Å². The lowest BCUT2D eigenvalue weighted by Crippen LogP contribution is -2.58. The first-order valence-corrected chi connectivity index (χ1v) is 16.7. The summed E-state index contributed by atoms with van der Waals surface area (Å²) in [5, 5.41) is 9.37. The van der Waals surface area contributed by atoms with E-state index in [0.29, 0.717) is 50.6 Å². The summed E-state index contributed by atoms with van der Waals surface area (Å²) in [5.74, 6) is -1.50. The molecule has 13 heteroatoms. The number of nitrogens with zero attached hydrogens (tertiary/aromatic N) is 1. The maximum atomic E-state index is 15.3. The Morgan fingerprint density at radius 1 is 1.16 bits per heavy atom. The average molecular weight is 639 g/mol. The third kappa shape index (κ3) is 8.45. The van der Waals surface area contributed by atoms with Crippen LogP contribution in [0, 0.1) is 11.7 Å². The van der Waals surface area contributed by atoms with Crippen molar-refractivity contribution in [3.05, 3.63) is 64.4 Å². The molecule has 2 heterocycles. The molecule has 0 aromatic heterocycles. The number of ether oxygens (including phenoxy) is 2. The molecule has 2 fully saturated rings. The van der Waals surface area contributed by atoms with Crippen molar-refractivity contribution in [1.29, 1.82) is 0 Å². The number of halogens is 2. The van der Waals surface area contributed by atoms with Crippen LogP contribution in [0.3, 0.4) is 0 Å². The number of amides is 2. The first-order chi connectivity index (χ1) is 20.5. The molecule has 2 aromatic carbocycles. The van der Waals surface area contributed by atoms with Crippen LogP contribution in [0.4, 0.5) is 14.9 Å². The third-order valence-corrected chi connectivity index (χ3v) is 9.91. The van der Waals surface area contributed by atoms with E-state index in [9.17, 15) is 18.0 Å². The molecule has 236 valence electrons. The summed E-state index contributed by atoms with van der Waals surface area (Å²) < 4.78 is 52.2. The van der Waals surface area contributed by atoms with E-state index in [1.54, 1.807) is 18.2 Å². The fourth-order valence-corrected chi connectivity index (χ4v) is 7.85. The Morgan fingerprint density at radius 3 is 2.51 bits per heavy atom. The second-order valence-electron chi connectivity index (χ2n) is 11.2. The lowest BCUT2D eigenvalue weighted by Gasteiger charge is -2.39. The minimum absolute atomic E-state index is 0.00224. The molecule has 4 rings (SSSR count). The number of carbonyl (C=O) groups excluding carboxylic acids is 2. The van der Waals surface area contributed by atoms with Gasteiger partial charge < -0.3 is 25.4 Å². The van der Waals surface area contributed by atoms with Crippen molar-refractivity contribution in [3.8, 4) is 0 Å². The zero-order valence-corrected chi connectivity index (χ0v) is 26.2. The van der Waals surface area contributed by atoms with Crippen LogP contribution in [0.15, 0.2) is 42.5 Å². The Bertz CT molecular complexity index is 1370. The molecule has 2 aromatic rings. The maximum Gasteiger partial charge on any atom is 0.407 e. The SMILES string of the molecule is COC(=O)N[C@H](C(=O)Nc1cccc(F)c1CC[C@H]1CNC[C@H](C)N1S(C)(=O)=O)C(c1ccc(Cl)cc1)C1CCOCC1. The van der Waals surface area contributed by atoms with Crippen LogP contribution in [0.2, 0.25) is 5.02 Å². The number of sulfonamides is 1. The predicted molar refractivity (Wildman–Crippen MR) is 163 cm³/mol. The number of hydrogen-bond donors (Lipinski definition) is 3. The average Bonchev–Trinajstić information content (AvgIpc) is 2.97. The highest BCUT2D eigenvalue weighted by atomic mass is 35.5. The van der Waals surface area contributed by atoms with E-state index in [1.165, 1.54) is 29.8 Å². The van der Waals surface area contributed by atoms with Crippen LogP contribution in [0.5, 0.6) is 0 Å². The molecule has 2 aliphatic heterocycles. The van der Waals surface area contributed by atoms with Gasteiger partial charge in [-0.25, -0.2) is 17.6 Å². The van der Waals surface area contributed by atoms with Crippen molar-refractivity contribution < 1.29 is 31.9 Å². The van der Waals surface area contributed by atoms with E-state index in [1.807, 2.05) is 19.1 Å². The first-order valence-electron chi connectivity index (χ1n) is 14.4. The van der Waals surface area contributed by atoms with E-state index in [-0.39, 0.29) is 35.7 Å². The second kappa shape index (κ2) is 14.8. The Hall–Kier alpha value is -2.77. The number of benzene rings is 2. The lowest BCUT2D eigenvalue weighted by atomic mass is 9.76. The zero-order valence-electron chi connectivity index (χ0n) is 24.6. The van der Waals surface area contributed by atoms with E-state index in [0.717, 1.165) is 5.56 Å². The number of nitrogens with one attached hydrogen (secondary N) is 3. The van der Waals surface area contributed by atoms with Gasteiger partial charge in [-0.2, -0.15) is 4.31 Å². The van der Waals surface area contributed by atoms with Gasteiger partial charge in [0.25, 0.3) is 0 Å². The first kappa shape index (κ1) is 33.1. The molecule has 2 aliphatic rings. The predicted octanol–water partition coefficient (Wildman–Crippen LogP) is 3.91. The largest absolute Gasteiger partial charge is 0.453 e. The van der Waals surface area contributed by atoms with Gasteiger partial charge in [0, 0.05) is 60.6 Å². The number of methoxy groups -OCH3 is 1. The number of anilines is 1. The van der Waals surface area contributed by atoms with Crippen molar-refractivity contribution in [2.45, 2.75) is 56.7 Å². The summed E-state index contributed by atoms with van der Waals surface area (Å²) >= 11 is 6.15.